The molecule has 1 aromatic heterocycles. The number of amides is 1. The number of aromatic nitrogens is 2. The maximum Gasteiger partial charge on any atom is 0.253 e. The summed E-state index contributed by atoms with van der Waals surface area (Å²) < 4.78 is 27.1. The maximum absolute atomic E-state index is 12.8. The second-order valence-electron chi connectivity index (χ2n) is 7.48. The number of carbonyl (C=O) groups excluding carboxylic acids is 1. The second kappa shape index (κ2) is 7.65. The van der Waals surface area contributed by atoms with Crippen LogP contribution in [-0.4, -0.2) is 77.5 Å². The van der Waals surface area contributed by atoms with Crippen molar-refractivity contribution in [2.75, 3.05) is 32.9 Å². The molecule has 1 aliphatic heterocycles. The Morgan fingerprint density at radius 1 is 1.21 bits per heavy atom. The van der Waals surface area contributed by atoms with Crippen LogP contribution < -0.4 is 0 Å². The molecule has 2 heterocycles. The fourth-order valence-electron chi connectivity index (χ4n) is 3.42. The molecule has 0 aliphatic carbocycles. The number of aryl methyl sites for hydroxylation is 2. The predicted molar refractivity (Wildman–Crippen MR) is 106 cm³/mol. The van der Waals surface area contributed by atoms with E-state index in [4.69, 9.17) is 0 Å². The molecule has 0 saturated carbocycles. The molecule has 1 N–H and O–H groups in total. The number of sulfonamides is 1. The van der Waals surface area contributed by atoms with E-state index in [1.54, 1.807) is 12.1 Å². The van der Waals surface area contributed by atoms with Crippen LogP contribution in [-0.2, 0) is 10.0 Å². The summed E-state index contributed by atoms with van der Waals surface area (Å²) in [6.07, 6.45) is -0.854. The van der Waals surface area contributed by atoms with Crippen LogP contribution in [0.4, 0.5) is 0 Å². The van der Waals surface area contributed by atoms with Gasteiger partial charge in [0.25, 0.3) is 5.91 Å². The Morgan fingerprint density at radius 2 is 1.86 bits per heavy atom. The van der Waals surface area contributed by atoms with Crippen molar-refractivity contribution in [3.05, 3.63) is 47.3 Å². The molecule has 0 radical (unpaired) electrons. The first-order chi connectivity index (χ1) is 13.1. The summed E-state index contributed by atoms with van der Waals surface area (Å²) in [6, 6.07) is 9.09. The van der Waals surface area contributed by atoms with E-state index in [0.29, 0.717) is 5.56 Å². The highest BCUT2D eigenvalue weighted by molar-refractivity contribution is 7.89. The van der Waals surface area contributed by atoms with Crippen molar-refractivity contribution < 1.29 is 18.3 Å². The molecule has 0 bridgehead atoms. The molecular formula is C19H26N4O4S. The van der Waals surface area contributed by atoms with Crippen LogP contribution in [0.5, 0.6) is 0 Å². The minimum absolute atomic E-state index is 0.131. The van der Waals surface area contributed by atoms with Crippen molar-refractivity contribution in [3.63, 3.8) is 0 Å². The van der Waals surface area contributed by atoms with E-state index >= 15 is 0 Å². The summed E-state index contributed by atoms with van der Waals surface area (Å²) >= 11 is 0. The first kappa shape index (κ1) is 20.5. The van der Waals surface area contributed by atoms with Crippen molar-refractivity contribution >= 4 is 15.9 Å². The van der Waals surface area contributed by atoms with E-state index in [2.05, 4.69) is 5.10 Å². The second-order valence-corrected chi connectivity index (χ2v) is 9.71. The van der Waals surface area contributed by atoms with E-state index in [9.17, 15) is 18.3 Å². The highest BCUT2D eigenvalue weighted by Crippen LogP contribution is 2.22. The van der Waals surface area contributed by atoms with Gasteiger partial charge in [0.1, 0.15) is 0 Å². The normalized spacial score (nSPS) is 20.1. The zero-order chi connectivity index (χ0) is 20.6. The minimum atomic E-state index is -3.44. The first-order valence-corrected chi connectivity index (χ1v) is 10.7. The Labute approximate surface area is 165 Å². The molecule has 1 aromatic carbocycles. The standard InChI is InChI=1S/C19H26N4O4S/c1-13-9-14(2)23(20-13)17-7-5-15(6-8-17)19(25)22-10-16(18(24)11-22)12-28(26,27)21(3)4/h5-9,16,18,24H,10-12H2,1-4H3/t16-,18+/m0/s1. The largest absolute Gasteiger partial charge is 0.391 e. The molecule has 152 valence electrons. The van der Waals surface area contributed by atoms with Crippen LogP contribution in [0.1, 0.15) is 21.7 Å². The van der Waals surface area contributed by atoms with Gasteiger partial charge in [-0.05, 0) is 44.2 Å². The zero-order valence-corrected chi connectivity index (χ0v) is 17.3. The lowest BCUT2D eigenvalue weighted by Crippen LogP contribution is -2.33. The van der Waals surface area contributed by atoms with Gasteiger partial charge in [-0.3, -0.25) is 4.79 Å². The van der Waals surface area contributed by atoms with Crippen molar-refractivity contribution in [1.82, 2.24) is 19.0 Å². The first-order valence-electron chi connectivity index (χ1n) is 9.10. The highest BCUT2D eigenvalue weighted by atomic mass is 32.2. The van der Waals surface area contributed by atoms with Gasteiger partial charge >= 0.3 is 0 Å². The molecule has 28 heavy (non-hydrogen) atoms. The number of hydrogen-bond acceptors (Lipinski definition) is 5. The molecule has 8 nitrogen and oxygen atoms in total. The smallest absolute Gasteiger partial charge is 0.253 e. The number of benzene rings is 1. The topological polar surface area (TPSA) is 95.7 Å². The van der Waals surface area contributed by atoms with Gasteiger partial charge in [-0.25, -0.2) is 17.4 Å². The number of aliphatic hydroxyl groups is 1. The Balaban J connectivity index is 1.71. The lowest BCUT2D eigenvalue weighted by atomic mass is 10.1. The SMILES string of the molecule is Cc1cc(C)n(-c2ccc(C(=O)N3C[C@@H](CS(=O)(=O)N(C)C)[C@H](O)C3)cc2)n1. The molecule has 1 aliphatic rings. The molecular weight excluding hydrogens is 380 g/mol. The van der Waals surface area contributed by atoms with Gasteiger partial charge in [-0.2, -0.15) is 5.10 Å². The third kappa shape index (κ3) is 4.11. The summed E-state index contributed by atoms with van der Waals surface area (Å²) in [5.41, 5.74) is 3.28. The van der Waals surface area contributed by atoms with Crippen molar-refractivity contribution in [2.24, 2.45) is 5.92 Å². The van der Waals surface area contributed by atoms with Crippen molar-refractivity contribution in [3.8, 4) is 5.69 Å². The van der Waals surface area contributed by atoms with Gasteiger partial charge in [-0.1, -0.05) is 0 Å². The number of hydrogen-bond donors (Lipinski definition) is 1. The number of aliphatic hydroxyl groups excluding tert-OH is 1. The quantitative estimate of drug-likeness (QED) is 0.793. The van der Waals surface area contributed by atoms with E-state index in [0.717, 1.165) is 21.4 Å². The van der Waals surface area contributed by atoms with E-state index in [1.807, 2.05) is 36.7 Å². The summed E-state index contributed by atoms with van der Waals surface area (Å²) in [6.45, 7) is 4.23. The fraction of sp³-hybridized carbons (Fsp3) is 0.474. The number of nitrogens with zero attached hydrogens (tertiary/aromatic N) is 4. The van der Waals surface area contributed by atoms with Crippen LogP contribution in [0, 0.1) is 19.8 Å². The van der Waals surface area contributed by atoms with E-state index < -0.39 is 22.0 Å². The van der Waals surface area contributed by atoms with E-state index in [1.165, 1.54) is 19.0 Å². The third-order valence-corrected chi connectivity index (χ3v) is 7.01. The van der Waals surface area contributed by atoms with Gasteiger partial charge in [0.05, 0.1) is 23.2 Å². The lowest BCUT2D eigenvalue weighted by molar-refractivity contribution is 0.0764. The molecule has 2 atom stereocenters. The molecule has 0 spiro atoms. The van der Waals surface area contributed by atoms with Gasteiger partial charge < -0.3 is 10.0 Å². The third-order valence-electron chi connectivity index (χ3n) is 5.04. The van der Waals surface area contributed by atoms with Gasteiger partial charge in [0.2, 0.25) is 10.0 Å². The summed E-state index contributed by atoms with van der Waals surface area (Å²) in [4.78, 5) is 14.3. The van der Waals surface area contributed by atoms with Crippen LogP contribution in [0.2, 0.25) is 0 Å². The predicted octanol–water partition coefficient (Wildman–Crippen LogP) is 0.813. The number of rotatable bonds is 5. The summed E-state index contributed by atoms with van der Waals surface area (Å²) in [5, 5.41) is 14.7. The lowest BCUT2D eigenvalue weighted by Gasteiger charge is -2.18. The van der Waals surface area contributed by atoms with Gasteiger partial charge in [0.15, 0.2) is 0 Å². The maximum atomic E-state index is 12.8. The number of likely N-dealkylation sites (tertiary alicyclic amines) is 1. The Bertz CT molecular complexity index is 966. The summed E-state index contributed by atoms with van der Waals surface area (Å²) in [7, 11) is -0.516. The van der Waals surface area contributed by atoms with E-state index in [-0.39, 0.29) is 24.7 Å². The fourth-order valence-corrected chi connectivity index (χ4v) is 4.59. The van der Waals surface area contributed by atoms with Crippen molar-refractivity contribution in [1.29, 1.82) is 0 Å². The molecule has 1 fully saturated rings. The zero-order valence-electron chi connectivity index (χ0n) is 16.5. The average molecular weight is 407 g/mol. The van der Waals surface area contributed by atoms with Crippen LogP contribution in [0.15, 0.2) is 30.3 Å². The molecule has 1 amide bonds. The Kier molecular flexibility index (Phi) is 5.60. The summed E-state index contributed by atoms with van der Waals surface area (Å²) in [5.74, 6) is -0.893. The number of carbonyl (C=O) groups is 1. The average Bonchev–Trinajstić information content (AvgIpc) is 3.15. The Morgan fingerprint density at radius 3 is 2.39 bits per heavy atom. The number of β-amino-alcohol motifs (C(OH)–C–C–N with tert-alkyl or cyclic N) is 1. The van der Waals surface area contributed by atoms with Gasteiger partial charge in [0, 0.05) is 44.4 Å². The van der Waals surface area contributed by atoms with Gasteiger partial charge in [-0.15, -0.1) is 0 Å². The molecule has 0 unspecified atom stereocenters. The molecule has 1 saturated heterocycles. The molecule has 2 aromatic rings. The van der Waals surface area contributed by atoms with Crippen LogP contribution >= 0.6 is 0 Å². The van der Waals surface area contributed by atoms with Crippen LogP contribution in [0.25, 0.3) is 5.69 Å². The van der Waals surface area contributed by atoms with Crippen LogP contribution in [0.3, 0.4) is 0 Å². The molecule has 3 rings (SSSR count). The Hall–Kier alpha value is -2.23. The minimum Gasteiger partial charge on any atom is -0.391 e. The van der Waals surface area contributed by atoms with Crippen molar-refractivity contribution in [2.45, 2.75) is 20.0 Å². The monoisotopic (exact) mass is 406 g/mol. The highest BCUT2D eigenvalue weighted by Gasteiger charge is 2.37. The molecule has 9 heteroatoms.